The highest BCUT2D eigenvalue weighted by molar-refractivity contribution is 5.81. The van der Waals surface area contributed by atoms with Crippen molar-refractivity contribution < 1.29 is 19.1 Å². The van der Waals surface area contributed by atoms with Gasteiger partial charge in [-0.25, -0.2) is 0 Å². The molecule has 0 bridgehead atoms. The molecule has 2 saturated carbocycles. The Bertz CT molecular complexity index is 946. The van der Waals surface area contributed by atoms with Crippen molar-refractivity contribution in [2.45, 2.75) is 89.6 Å². The number of methoxy groups -OCH3 is 1. The second-order valence-corrected chi connectivity index (χ2v) is 10.4. The molecule has 2 aromatic carbocycles. The molecule has 0 heterocycles. The number of rotatable bonds is 9. The van der Waals surface area contributed by atoms with E-state index in [1.165, 1.54) is 16.7 Å². The molecule has 0 spiro atoms. The summed E-state index contributed by atoms with van der Waals surface area (Å²) < 4.78 is 11.2. The maximum Gasteiger partial charge on any atom is 0.309 e. The zero-order valence-electron chi connectivity index (χ0n) is 21.3. The van der Waals surface area contributed by atoms with Crippen LogP contribution in [0.25, 0.3) is 11.1 Å². The largest absolute Gasteiger partial charge is 0.497 e. The van der Waals surface area contributed by atoms with Gasteiger partial charge < -0.3 is 9.47 Å². The Morgan fingerprint density at radius 1 is 0.771 bits per heavy atom. The lowest BCUT2D eigenvalue weighted by molar-refractivity contribution is -0.157. The third kappa shape index (κ3) is 6.74. The zero-order valence-corrected chi connectivity index (χ0v) is 21.3. The fourth-order valence-electron chi connectivity index (χ4n) is 5.71. The second-order valence-electron chi connectivity index (χ2n) is 10.4. The van der Waals surface area contributed by atoms with Gasteiger partial charge in [-0.15, -0.1) is 0 Å². The van der Waals surface area contributed by atoms with E-state index < -0.39 is 0 Å². The van der Waals surface area contributed by atoms with Gasteiger partial charge in [-0.05, 0) is 92.5 Å². The van der Waals surface area contributed by atoms with Crippen LogP contribution < -0.4 is 4.74 Å². The van der Waals surface area contributed by atoms with Gasteiger partial charge in [0, 0.05) is 12.3 Å². The Balaban J connectivity index is 1.21. The molecule has 2 aliphatic carbocycles. The molecule has 0 radical (unpaired) electrons. The SMILES string of the molecule is CCCCC(=O)C1CCC(C(=O)OC2CCC(c3ccc(-c4ccc(OC)cc4)cc3)CC2)CC1. The Morgan fingerprint density at radius 3 is 1.91 bits per heavy atom. The van der Waals surface area contributed by atoms with Gasteiger partial charge in [0.2, 0.25) is 0 Å². The molecular weight excluding hydrogens is 436 g/mol. The lowest BCUT2D eigenvalue weighted by atomic mass is 9.79. The van der Waals surface area contributed by atoms with Gasteiger partial charge in [0.1, 0.15) is 17.6 Å². The van der Waals surface area contributed by atoms with Crippen LogP contribution in [-0.4, -0.2) is 25.0 Å². The van der Waals surface area contributed by atoms with Crippen LogP contribution in [0.4, 0.5) is 0 Å². The lowest BCUT2D eigenvalue weighted by Crippen LogP contribution is -2.31. The van der Waals surface area contributed by atoms with Gasteiger partial charge in [-0.1, -0.05) is 49.7 Å². The van der Waals surface area contributed by atoms with E-state index in [0.717, 1.165) is 70.0 Å². The highest BCUT2D eigenvalue weighted by Gasteiger charge is 2.32. The molecular formula is C31H40O4. The summed E-state index contributed by atoms with van der Waals surface area (Å²) in [6, 6.07) is 17.1. The van der Waals surface area contributed by atoms with E-state index in [9.17, 15) is 9.59 Å². The first-order valence-electron chi connectivity index (χ1n) is 13.5. The summed E-state index contributed by atoms with van der Waals surface area (Å²) in [5.74, 6) is 1.91. The maximum absolute atomic E-state index is 12.8. The molecule has 0 aliphatic heterocycles. The number of hydrogen-bond acceptors (Lipinski definition) is 4. The van der Waals surface area contributed by atoms with Crippen LogP contribution in [0.15, 0.2) is 48.5 Å². The highest BCUT2D eigenvalue weighted by atomic mass is 16.5. The summed E-state index contributed by atoms with van der Waals surface area (Å²) in [4.78, 5) is 25.1. The monoisotopic (exact) mass is 476 g/mol. The second kappa shape index (κ2) is 12.4. The van der Waals surface area contributed by atoms with Gasteiger partial charge in [-0.2, -0.15) is 0 Å². The Hall–Kier alpha value is -2.62. The number of carbonyl (C=O) groups is 2. The number of carbonyl (C=O) groups excluding carboxylic acids is 2. The Morgan fingerprint density at radius 2 is 1.34 bits per heavy atom. The highest BCUT2D eigenvalue weighted by Crippen LogP contribution is 2.37. The maximum atomic E-state index is 12.8. The average Bonchev–Trinajstić information content (AvgIpc) is 2.92. The van der Waals surface area contributed by atoms with Crippen molar-refractivity contribution in [2.75, 3.05) is 7.11 Å². The number of hydrogen-bond donors (Lipinski definition) is 0. The van der Waals surface area contributed by atoms with Gasteiger partial charge >= 0.3 is 5.97 Å². The molecule has 0 aromatic heterocycles. The molecule has 35 heavy (non-hydrogen) atoms. The van der Waals surface area contributed by atoms with Crippen LogP contribution >= 0.6 is 0 Å². The van der Waals surface area contributed by atoms with Gasteiger partial charge in [-0.3, -0.25) is 9.59 Å². The van der Waals surface area contributed by atoms with E-state index in [1.807, 2.05) is 12.1 Å². The predicted octanol–water partition coefficient (Wildman–Crippen LogP) is 7.50. The molecule has 4 nitrogen and oxygen atoms in total. The summed E-state index contributed by atoms with van der Waals surface area (Å²) in [6.45, 7) is 2.12. The van der Waals surface area contributed by atoms with Crippen LogP contribution in [0, 0.1) is 11.8 Å². The molecule has 0 amide bonds. The number of benzene rings is 2. The number of ether oxygens (including phenoxy) is 2. The van der Waals surface area contributed by atoms with Crippen LogP contribution in [0.1, 0.15) is 89.0 Å². The molecule has 0 N–H and O–H groups in total. The van der Waals surface area contributed by atoms with Crippen LogP contribution in [0.5, 0.6) is 5.75 Å². The van der Waals surface area contributed by atoms with Crippen molar-refractivity contribution in [2.24, 2.45) is 11.8 Å². The van der Waals surface area contributed by atoms with Crippen molar-refractivity contribution in [3.63, 3.8) is 0 Å². The lowest BCUT2D eigenvalue weighted by Gasteiger charge is -2.31. The van der Waals surface area contributed by atoms with E-state index in [-0.39, 0.29) is 23.9 Å². The first-order valence-corrected chi connectivity index (χ1v) is 13.5. The first kappa shape index (κ1) is 25.5. The van der Waals surface area contributed by atoms with Crippen molar-refractivity contribution in [1.29, 1.82) is 0 Å². The molecule has 2 aliphatic rings. The third-order valence-corrected chi connectivity index (χ3v) is 8.06. The topological polar surface area (TPSA) is 52.6 Å². The smallest absolute Gasteiger partial charge is 0.309 e. The molecule has 0 saturated heterocycles. The molecule has 0 unspecified atom stereocenters. The minimum Gasteiger partial charge on any atom is -0.497 e. The fraction of sp³-hybridized carbons (Fsp3) is 0.548. The quantitative estimate of drug-likeness (QED) is 0.352. The van der Waals surface area contributed by atoms with Crippen molar-refractivity contribution >= 4 is 11.8 Å². The minimum absolute atomic E-state index is 0.0200. The molecule has 2 aromatic rings. The first-order chi connectivity index (χ1) is 17.1. The Labute approximate surface area is 210 Å². The van der Waals surface area contributed by atoms with Gasteiger partial charge in [0.15, 0.2) is 0 Å². The van der Waals surface area contributed by atoms with E-state index in [2.05, 4.69) is 43.3 Å². The molecule has 0 atom stereocenters. The fourth-order valence-corrected chi connectivity index (χ4v) is 5.71. The van der Waals surface area contributed by atoms with E-state index in [0.29, 0.717) is 18.1 Å². The standard InChI is InChI=1S/C31H40O4/c1-3-4-5-30(32)26-10-12-27(13-11-26)31(33)35-29-20-16-25(17-21-29)23-8-6-22(7-9-23)24-14-18-28(34-2)19-15-24/h6-9,14-15,18-19,25-27,29H,3-5,10-13,16-17,20-21H2,1-2H3. The van der Waals surface area contributed by atoms with Gasteiger partial charge in [0.05, 0.1) is 13.0 Å². The normalized spacial score (nSPS) is 24.5. The van der Waals surface area contributed by atoms with E-state index >= 15 is 0 Å². The van der Waals surface area contributed by atoms with E-state index in [1.54, 1.807) is 7.11 Å². The molecule has 188 valence electrons. The number of esters is 1. The van der Waals surface area contributed by atoms with Crippen molar-refractivity contribution in [1.82, 2.24) is 0 Å². The van der Waals surface area contributed by atoms with Crippen LogP contribution in [-0.2, 0) is 14.3 Å². The van der Waals surface area contributed by atoms with E-state index in [4.69, 9.17) is 9.47 Å². The zero-order chi connectivity index (χ0) is 24.6. The van der Waals surface area contributed by atoms with Crippen LogP contribution in [0.3, 0.4) is 0 Å². The molecule has 2 fully saturated rings. The summed E-state index contributed by atoms with van der Waals surface area (Å²) in [5, 5.41) is 0. The summed E-state index contributed by atoms with van der Waals surface area (Å²) in [5.41, 5.74) is 3.77. The minimum atomic E-state index is -0.0308. The number of Topliss-reactive ketones (excluding diaryl/α,β-unsaturated/α-hetero) is 1. The van der Waals surface area contributed by atoms with Crippen LogP contribution in [0.2, 0.25) is 0 Å². The number of unbranched alkanes of at least 4 members (excludes halogenated alkanes) is 1. The predicted molar refractivity (Wildman–Crippen MR) is 139 cm³/mol. The summed E-state index contributed by atoms with van der Waals surface area (Å²) in [6.07, 6.45) is 10.1. The average molecular weight is 477 g/mol. The summed E-state index contributed by atoms with van der Waals surface area (Å²) in [7, 11) is 1.68. The molecule has 4 heteroatoms. The Kier molecular flexibility index (Phi) is 9.01. The van der Waals surface area contributed by atoms with Gasteiger partial charge in [0.25, 0.3) is 0 Å². The molecule has 4 rings (SSSR count). The third-order valence-electron chi connectivity index (χ3n) is 8.06. The van der Waals surface area contributed by atoms with Crippen molar-refractivity contribution in [3.05, 3.63) is 54.1 Å². The summed E-state index contributed by atoms with van der Waals surface area (Å²) >= 11 is 0. The number of ketones is 1. The van der Waals surface area contributed by atoms with Crippen molar-refractivity contribution in [3.8, 4) is 16.9 Å².